The van der Waals surface area contributed by atoms with Gasteiger partial charge in [0.1, 0.15) is 204 Å². The third-order valence-corrected chi connectivity index (χ3v) is 19.2. The van der Waals surface area contributed by atoms with E-state index < -0.39 is 0 Å². The van der Waals surface area contributed by atoms with Crippen LogP contribution in [0, 0.1) is 0 Å². The van der Waals surface area contributed by atoms with Crippen LogP contribution in [0.1, 0.15) is 0 Å². The quantitative estimate of drug-likeness (QED) is 0.123. The molecule has 0 aliphatic rings. The Balaban J connectivity index is 1.66. The number of hydrogen-bond acceptors (Lipinski definition) is 0. The van der Waals surface area contributed by atoms with Gasteiger partial charge < -0.3 is 0 Å². The molecule has 8 aromatic rings. The van der Waals surface area contributed by atoms with Crippen molar-refractivity contribution in [1.29, 1.82) is 0 Å². The van der Waals surface area contributed by atoms with Crippen LogP contribution in [-0.4, -0.2) is 204 Å². The van der Waals surface area contributed by atoms with E-state index in [2.05, 4.69) is 204 Å². The molecule has 0 saturated heterocycles. The van der Waals surface area contributed by atoms with Crippen LogP contribution in [0.25, 0.3) is 76.5 Å². The van der Waals surface area contributed by atoms with Crippen molar-refractivity contribution in [2.75, 3.05) is 0 Å². The van der Waals surface area contributed by atoms with Crippen molar-refractivity contribution in [1.82, 2.24) is 0 Å². The van der Waals surface area contributed by atoms with E-state index in [4.69, 9.17) is 0 Å². The molecule has 0 aliphatic heterocycles. The third kappa shape index (κ3) is 6.29. The number of hydrogen-bond donors (Lipinski definition) is 0. The summed E-state index contributed by atoms with van der Waals surface area (Å²) in [5.74, 6) is 0. The molecule has 0 bridgehead atoms. The van der Waals surface area contributed by atoms with Gasteiger partial charge in [0.2, 0.25) is 0 Å². The predicted molar refractivity (Wildman–Crippen MR) is 385 cm³/mol. The molecular formula is C40H52B26. The lowest BCUT2D eigenvalue weighted by Crippen LogP contribution is -2.53. The summed E-state index contributed by atoms with van der Waals surface area (Å²) in [6.45, 7) is 0. The van der Waals surface area contributed by atoms with Gasteiger partial charge in [-0.1, -0.05) is 98.3 Å². The molecule has 0 saturated carbocycles. The Morgan fingerprint density at radius 2 is 0.212 bits per heavy atom. The maximum absolute atomic E-state index is 2.44. The third-order valence-electron chi connectivity index (χ3n) is 19.2. The van der Waals surface area contributed by atoms with E-state index in [9.17, 15) is 0 Å². The van der Waals surface area contributed by atoms with E-state index in [1.165, 1.54) is 219 Å². The molecular weight excluding hydrogens is 762 g/mol. The molecule has 0 spiro atoms. The van der Waals surface area contributed by atoms with Crippen LogP contribution in [0.15, 0.2) is 0 Å². The molecule has 0 amide bonds. The Bertz CT molecular complexity index is 3540. The maximum atomic E-state index is 2.44. The Hall–Kier alpha value is -3.51. The van der Waals surface area contributed by atoms with Crippen LogP contribution < -0.4 is 142 Å². The molecule has 26 heteroatoms. The Kier molecular flexibility index (Phi) is 12.3. The molecule has 0 radical (unpaired) electrons. The van der Waals surface area contributed by atoms with Crippen molar-refractivity contribution in [2.45, 2.75) is 0 Å². The smallest absolute Gasteiger partial charge is 0.101 e. The molecule has 8 aromatic carbocycles. The maximum Gasteiger partial charge on any atom is 0.140 e. The predicted octanol–water partition coefficient (Wildman–Crippen LogP) is -34.0. The standard InChI is InChI=1S/C40H52B26/c41-15-7(21(47)27(53)13-10(15)29(55)37(63)39(65)31(13)57)1-3-5(19(45)35(61)33(59)17(3)43)2(6-4(1)18(44)34(60)36(62)20(6)46)8-22(48)25(51)12(26(52)23(8)49)9-16(42)11-14(28(54)24(9)50)32(58)40(66)38(64)30(11)56/h41-66H2. The molecule has 66 heavy (non-hydrogen) atoms. The fraction of sp³-hybridized carbons (Fsp3) is 0. The van der Waals surface area contributed by atoms with Gasteiger partial charge in [-0.25, -0.2) is 0 Å². The van der Waals surface area contributed by atoms with E-state index in [0.29, 0.717) is 0 Å². The summed E-state index contributed by atoms with van der Waals surface area (Å²) >= 11 is 0. The first kappa shape index (κ1) is 48.9. The van der Waals surface area contributed by atoms with Gasteiger partial charge in [-0.2, -0.15) is 0 Å². The summed E-state index contributed by atoms with van der Waals surface area (Å²) in [4.78, 5) is 0. The molecule has 0 aliphatic carbocycles. The van der Waals surface area contributed by atoms with Crippen LogP contribution in [0.2, 0.25) is 0 Å². The number of benzene rings is 8. The van der Waals surface area contributed by atoms with Gasteiger partial charge >= 0.3 is 0 Å². The highest BCUT2D eigenvalue weighted by Gasteiger charge is 2.31. The molecule has 0 nitrogen and oxygen atoms in total. The molecule has 0 fully saturated rings. The Labute approximate surface area is 419 Å². The summed E-state index contributed by atoms with van der Waals surface area (Å²) in [6.07, 6.45) is 0. The zero-order valence-corrected chi connectivity index (χ0v) is 46.0. The van der Waals surface area contributed by atoms with Crippen molar-refractivity contribution in [3.8, 4) is 33.4 Å². The lowest BCUT2D eigenvalue weighted by Gasteiger charge is -2.33. The normalized spacial score (nSPS) is 11.7. The van der Waals surface area contributed by atoms with Crippen LogP contribution in [-0.2, 0) is 0 Å². The highest BCUT2D eigenvalue weighted by molar-refractivity contribution is 6.77. The van der Waals surface area contributed by atoms with Crippen molar-refractivity contribution < 1.29 is 0 Å². The van der Waals surface area contributed by atoms with Gasteiger partial charge in [0, 0.05) is 0 Å². The van der Waals surface area contributed by atoms with Gasteiger partial charge in [0.05, 0.1) is 0 Å². The largest absolute Gasteiger partial charge is 0.140 e. The average Bonchev–Trinajstić information content (AvgIpc) is 3.28. The van der Waals surface area contributed by atoms with Gasteiger partial charge in [-0.15, -0.1) is 43.7 Å². The van der Waals surface area contributed by atoms with Gasteiger partial charge in [0.25, 0.3) is 0 Å². The molecule has 0 unspecified atom stereocenters. The first-order valence-corrected chi connectivity index (χ1v) is 24.8. The first-order chi connectivity index (χ1) is 30.7. The van der Waals surface area contributed by atoms with Crippen molar-refractivity contribution in [2.24, 2.45) is 0 Å². The van der Waals surface area contributed by atoms with E-state index in [1.54, 1.807) is 0 Å². The topological polar surface area (TPSA) is 0 Å². The van der Waals surface area contributed by atoms with Crippen LogP contribution >= 0.6 is 0 Å². The van der Waals surface area contributed by atoms with Crippen LogP contribution in [0.4, 0.5) is 0 Å². The second-order valence-electron chi connectivity index (χ2n) is 21.5. The summed E-state index contributed by atoms with van der Waals surface area (Å²) in [7, 11) is 62.0. The molecule has 0 atom stereocenters. The number of rotatable bonds is 3. The molecule has 8 rings (SSSR count). The van der Waals surface area contributed by atoms with Gasteiger partial charge in [-0.05, 0) is 76.5 Å². The highest BCUT2D eigenvalue weighted by atomic mass is 14.3. The Morgan fingerprint density at radius 3 is 0.439 bits per heavy atom. The minimum absolute atomic E-state index is 1.39. The van der Waals surface area contributed by atoms with Crippen molar-refractivity contribution in [3.05, 3.63) is 0 Å². The Morgan fingerprint density at radius 1 is 0.0909 bits per heavy atom. The molecule has 290 valence electrons. The lowest BCUT2D eigenvalue weighted by molar-refractivity contribution is 1.83. The molecule has 0 heterocycles. The summed E-state index contributed by atoms with van der Waals surface area (Å²) in [6, 6.07) is 0. The summed E-state index contributed by atoms with van der Waals surface area (Å²) in [5, 5.41) is 11.5. The fourth-order valence-electron chi connectivity index (χ4n) is 13.5. The zero-order chi connectivity index (χ0) is 49.1. The first-order valence-electron chi connectivity index (χ1n) is 24.8. The zero-order valence-electron chi connectivity index (χ0n) is 46.0. The highest BCUT2D eigenvalue weighted by Crippen LogP contribution is 2.39. The monoisotopic (exact) mass is 819 g/mol. The van der Waals surface area contributed by atoms with E-state index in [0.717, 1.165) is 0 Å². The summed E-state index contributed by atoms with van der Waals surface area (Å²) < 4.78 is 0. The second kappa shape index (κ2) is 16.6. The van der Waals surface area contributed by atoms with E-state index >= 15 is 0 Å². The van der Waals surface area contributed by atoms with Crippen molar-refractivity contribution in [3.63, 3.8) is 0 Å². The minimum Gasteiger partial charge on any atom is -0.101 e. The second-order valence-corrected chi connectivity index (χ2v) is 21.5. The van der Waals surface area contributed by atoms with Crippen LogP contribution in [0.5, 0.6) is 0 Å². The lowest BCUT2D eigenvalue weighted by atomic mass is 9.55. The van der Waals surface area contributed by atoms with Crippen LogP contribution in [0.3, 0.4) is 0 Å². The molecule has 0 aromatic heterocycles. The minimum atomic E-state index is 1.39. The SMILES string of the molecule is Bc1c(B)c(-c2c3c(B)c(B)c(B)c(B)c3c(-c3c(B)c(B)c4c(B)c(B)c(B)c(B)c4c3B)c3c(B)c(B)c(B)c(B)c23)c(B)c(B)c1-c1c(B)c(B)c2c(B)c(B)c(B)c(B)c2c1B. The van der Waals surface area contributed by atoms with Gasteiger partial charge in [-0.3, -0.25) is 0 Å². The van der Waals surface area contributed by atoms with Gasteiger partial charge in [0.15, 0.2) is 0 Å². The summed E-state index contributed by atoms with van der Waals surface area (Å²) in [5.41, 5.74) is 45.2. The van der Waals surface area contributed by atoms with E-state index in [1.807, 2.05) is 0 Å². The van der Waals surface area contributed by atoms with E-state index in [-0.39, 0.29) is 0 Å². The average molecular weight is 814 g/mol. The molecule has 0 N–H and O–H groups in total. The number of fused-ring (bicyclic) bond motifs is 4. The van der Waals surface area contributed by atoms with Crippen molar-refractivity contribution >= 4 is 389 Å². The fourth-order valence-corrected chi connectivity index (χ4v) is 13.5.